The van der Waals surface area contributed by atoms with E-state index >= 15 is 0 Å². The van der Waals surface area contributed by atoms with Crippen LogP contribution >= 0.6 is 0 Å². The summed E-state index contributed by atoms with van der Waals surface area (Å²) < 4.78 is 30.1. The van der Waals surface area contributed by atoms with E-state index in [2.05, 4.69) is 5.32 Å². The summed E-state index contributed by atoms with van der Waals surface area (Å²) in [6.07, 6.45) is 0.926. The van der Waals surface area contributed by atoms with Gasteiger partial charge in [0.25, 0.3) is 0 Å². The maximum atomic E-state index is 12.4. The number of aryl methyl sites for hydroxylation is 1. The van der Waals surface area contributed by atoms with E-state index in [1.807, 2.05) is 26.1 Å². The van der Waals surface area contributed by atoms with Gasteiger partial charge >= 0.3 is 0 Å². The lowest BCUT2D eigenvalue weighted by molar-refractivity contribution is 0.179. The summed E-state index contributed by atoms with van der Waals surface area (Å²) in [5.74, 6) is 0.408. The van der Waals surface area contributed by atoms with Gasteiger partial charge in [-0.2, -0.15) is 0 Å². The van der Waals surface area contributed by atoms with Crippen molar-refractivity contribution in [1.29, 1.82) is 0 Å². The predicted molar refractivity (Wildman–Crippen MR) is 75.0 cm³/mol. The molecule has 0 bridgehead atoms. The Morgan fingerprint density at radius 3 is 2.58 bits per heavy atom. The highest BCUT2D eigenvalue weighted by atomic mass is 32.2. The number of hydrogen-bond acceptors (Lipinski definition) is 4. The van der Waals surface area contributed by atoms with Gasteiger partial charge in [-0.1, -0.05) is 17.7 Å². The number of rotatable bonds is 5. The van der Waals surface area contributed by atoms with Gasteiger partial charge < -0.3 is 10.1 Å². The second-order valence-electron chi connectivity index (χ2n) is 5.11. The molecule has 1 saturated heterocycles. The van der Waals surface area contributed by atoms with Crippen LogP contribution in [0.2, 0.25) is 0 Å². The summed E-state index contributed by atoms with van der Waals surface area (Å²) >= 11 is 0. The highest BCUT2D eigenvalue weighted by Gasteiger charge is 2.29. The first-order valence-corrected chi connectivity index (χ1v) is 8.22. The zero-order chi connectivity index (χ0) is 13.9. The molecule has 1 fully saturated rings. The van der Waals surface area contributed by atoms with Gasteiger partial charge in [0.2, 0.25) is 0 Å². The second-order valence-corrected chi connectivity index (χ2v) is 7.15. The molecule has 2 atom stereocenters. The summed E-state index contributed by atoms with van der Waals surface area (Å²) in [7, 11) is -1.43. The molecule has 0 radical (unpaired) electrons. The smallest absolute Gasteiger partial charge is 0.179 e. The molecular formula is C14H21NO3S. The molecule has 19 heavy (non-hydrogen) atoms. The fourth-order valence-corrected chi connectivity index (χ4v) is 4.06. The minimum absolute atomic E-state index is 0.0474. The minimum Gasteiger partial charge on any atom is -0.381 e. The molecule has 106 valence electrons. The number of nitrogens with one attached hydrogen (secondary N) is 1. The van der Waals surface area contributed by atoms with Crippen LogP contribution in [0.3, 0.4) is 0 Å². The van der Waals surface area contributed by atoms with Crippen LogP contribution in [0.5, 0.6) is 0 Å². The molecule has 1 aromatic carbocycles. The van der Waals surface area contributed by atoms with E-state index in [0.717, 1.165) is 18.6 Å². The van der Waals surface area contributed by atoms with E-state index in [-0.39, 0.29) is 17.7 Å². The lowest BCUT2D eigenvalue weighted by atomic mass is 10.0. The third kappa shape index (κ3) is 3.55. The summed E-state index contributed by atoms with van der Waals surface area (Å²) in [6, 6.07) is 6.99. The monoisotopic (exact) mass is 283 g/mol. The number of benzene rings is 1. The molecular weight excluding hydrogens is 262 g/mol. The number of ether oxygens (including phenoxy) is 1. The van der Waals surface area contributed by atoms with Crippen molar-refractivity contribution in [3.8, 4) is 0 Å². The van der Waals surface area contributed by atoms with Crippen LogP contribution in [-0.4, -0.2) is 40.5 Å². The van der Waals surface area contributed by atoms with Gasteiger partial charge in [-0.05, 0) is 32.5 Å². The van der Waals surface area contributed by atoms with Gasteiger partial charge in [-0.25, -0.2) is 8.42 Å². The Bertz CT molecular complexity index is 504. The van der Waals surface area contributed by atoms with Crippen LogP contribution in [0.4, 0.5) is 0 Å². The van der Waals surface area contributed by atoms with Gasteiger partial charge in [-0.15, -0.1) is 0 Å². The predicted octanol–water partition coefficient (Wildman–Crippen LogP) is 1.39. The molecule has 1 heterocycles. The normalized spacial score (nSPS) is 21.5. The first kappa shape index (κ1) is 14.5. The lowest BCUT2D eigenvalue weighted by Gasteiger charge is -2.21. The molecule has 4 nitrogen and oxygen atoms in total. The maximum Gasteiger partial charge on any atom is 0.179 e. The van der Waals surface area contributed by atoms with Crippen LogP contribution < -0.4 is 5.32 Å². The average molecular weight is 283 g/mol. The van der Waals surface area contributed by atoms with Crippen LogP contribution in [0.15, 0.2) is 29.2 Å². The highest BCUT2D eigenvalue weighted by molar-refractivity contribution is 7.91. The van der Waals surface area contributed by atoms with Gasteiger partial charge in [0.05, 0.1) is 17.3 Å². The Labute approximate surface area is 115 Å². The molecule has 0 saturated carbocycles. The summed E-state index contributed by atoms with van der Waals surface area (Å²) in [4.78, 5) is 0.400. The largest absolute Gasteiger partial charge is 0.381 e. The summed E-state index contributed by atoms with van der Waals surface area (Å²) in [5.41, 5.74) is 1.06. The average Bonchev–Trinajstić information content (AvgIpc) is 2.90. The SMILES string of the molecule is CNC(CS(=O)(=O)c1ccc(C)cc1)C1CCOC1. The topological polar surface area (TPSA) is 55.4 Å². The molecule has 0 aromatic heterocycles. The molecule has 1 aliphatic rings. The molecule has 2 rings (SSSR count). The number of hydrogen-bond donors (Lipinski definition) is 1. The first-order chi connectivity index (χ1) is 9.03. The molecule has 5 heteroatoms. The zero-order valence-corrected chi connectivity index (χ0v) is 12.2. The van der Waals surface area contributed by atoms with E-state index in [4.69, 9.17) is 4.74 Å². The van der Waals surface area contributed by atoms with Crippen molar-refractivity contribution >= 4 is 9.84 Å². The first-order valence-electron chi connectivity index (χ1n) is 6.57. The lowest BCUT2D eigenvalue weighted by Crippen LogP contribution is -2.40. The Morgan fingerprint density at radius 1 is 1.37 bits per heavy atom. The summed E-state index contributed by atoms with van der Waals surface area (Å²) in [5, 5.41) is 3.12. The Hall–Kier alpha value is -0.910. The van der Waals surface area contributed by atoms with Gasteiger partial charge in [0, 0.05) is 18.6 Å². The van der Waals surface area contributed by atoms with Crippen molar-refractivity contribution in [3.05, 3.63) is 29.8 Å². The molecule has 0 spiro atoms. The van der Waals surface area contributed by atoms with Crippen molar-refractivity contribution < 1.29 is 13.2 Å². The van der Waals surface area contributed by atoms with E-state index in [9.17, 15) is 8.42 Å². The summed E-state index contributed by atoms with van der Waals surface area (Å²) in [6.45, 7) is 3.32. The molecule has 1 aliphatic heterocycles. The second kappa shape index (κ2) is 6.03. The van der Waals surface area contributed by atoms with Crippen molar-refractivity contribution in [1.82, 2.24) is 5.32 Å². The fraction of sp³-hybridized carbons (Fsp3) is 0.571. The van der Waals surface area contributed by atoms with E-state index in [1.54, 1.807) is 12.1 Å². The zero-order valence-electron chi connectivity index (χ0n) is 11.4. The van der Waals surface area contributed by atoms with Gasteiger partial charge in [0.15, 0.2) is 9.84 Å². The molecule has 2 unspecified atom stereocenters. The highest BCUT2D eigenvalue weighted by Crippen LogP contribution is 2.21. The maximum absolute atomic E-state index is 12.4. The van der Waals surface area contributed by atoms with Crippen molar-refractivity contribution in [2.45, 2.75) is 24.3 Å². The molecule has 1 aromatic rings. The van der Waals surface area contributed by atoms with Gasteiger partial charge in [-0.3, -0.25) is 0 Å². The fourth-order valence-electron chi connectivity index (χ4n) is 2.40. The third-order valence-electron chi connectivity index (χ3n) is 3.68. The molecule has 0 amide bonds. The van der Waals surface area contributed by atoms with Crippen molar-refractivity contribution in [2.24, 2.45) is 5.92 Å². The van der Waals surface area contributed by atoms with Gasteiger partial charge in [0.1, 0.15) is 0 Å². The van der Waals surface area contributed by atoms with Crippen LogP contribution in [0.1, 0.15) is 12.0 Å². The molecule has 1 N–H and O–H groups in total. The Balaban J connectivity index is 2.13. The Morgan fingerprint density at radius 2 is 2.05 bits per heavy atom. The number of sulfone groups is 1. The van der Waals surface area contributed by atoms with E-state index in [1.165, 1.54) is 0 Å². The quantitative estimate of drug-likeness (QED) is 0.887. The van der Waals surface area contributed by atoms with Crippen molar-refractivity contribution in [2.75, 3.05) is 26.0 Å². The van der Waals surface area contributed by atoms with Crippen molar-refractivity contribution in [3.63, 3.8) is 0 Å². The third-order valence-corrected chi connectivity index (χ3v) is 5.47. The van der Waals surface area contributed by atoms with E-state index < -0.39 is 9.84 Å². The Kier molecular flexibility index (Phi) is 4.60. The van der Waals surface area contributed by atoms with Crippen LogP contribution in [0.25, 0.3) is 0 Å². The molecule has 0 aliphatic carbocycles. The standard InChI is InChI=1S/C14H21NO3S/c1-11-3-5-13(6-4-11)19(16,17)10-14(15-2)12-7-8-18-9-12/h3-6,12,14-15H,7-10H2,1-2H3. The van der Waals surface area contributed by atoms with E-state index in [0.29, 0.717) is 11.5 Å². The van der Waals surface area contributed by atoms with Crippen LogP contribution in [-0.2, 0) is 14.6 Å². The van der Waals surface area contributed by atoms with Crippen LogP contribution in [0, 0.1) is 12.8 Å². The minimum atomic E-state index is -3.24.